The molecule has 0 bridgehead atoms. The maximum Gasteiger partial charge on any atom is 0.412 e. The molecule has 1 aliphatic heterocycles. The number of anilines is 1. The van der Waals surface area contributed by atoms with E-state index in [9.17, 15) is 27.2 Å². The second kappa shape index (κ2) is 12.7. The summed E-state index contributed by atoms with van der Waals surface area (Å²) in [5, 5.41) is 6.26. The standard InChI is InChI=1S/C27H28ClF4N5O3/c1-36(25(38)34-13-18-4-2-6-22(30)24(18)28)21(5-3-9-37-15-27(31,32)16-37)14-40-26(39)35-23-11-19-10-20(29)8-7-17(19)12-33-23/h2,4,6-8,10-12,21H,3,5,9,13-16H2,1H3,(H,34,38)(H,33,35,39). The van der Waals surface area contributed by atoms with Crippen molar-refractivity contribution in [2.24, 2.45) is 0 Å². The lowest BCUT2D eigenvalue weighted by Gasteiger charge is -2.39. The molecule has 1 atom stereocenters. The number of hydrogen-bond donors (Lipinski definition) is 2. The Labute approximate surface area is 233 Å². The number of hydrogen-bond acceptors (Lipinski definition) is 5. The average molecular weight is 582 g/mol. The SMILES string of the molecule is CN(C(=O)NCc1cccc(F)c1Cl)C(CCCN1CC(F)(F)C1)COC(=O)Nc1cc2cc(F)ccc2cn1. The van der Waals surface area contributed by atoms with Gasteiger partial charge in [-0.3, -0.25) is 10.2 Å². The zero-order valence-electron chi connectivity index (χ0n) is 21.6. The van der Waals surface area contributed by atoms with Gasteiger partial charge in [-0.15, -0.1) is 0 Å². The van der Waals surface area contributed by atoms with Crippen LogP contribution in [0.1, 0.15) is 18.4 Å². The number of carbonyl (C=O) groups is 2. The number of carbonyl (C=O) groups excluding carboxylic acids is 2. The van der Waals surface area contributed by atoms with Gasteiger partial charge >= 0.3 is 12.1 Å². The monoisotopic (exact) mass is 581 g/mol. The van der Waals surface area contributed by atoms with Crippen LogP contribution in [0.4, 0.5) is 33.0 Å². The van der Waals surface area contributed by atoms with Crippen molar-refractivity contribution in [1.82, 2.24) is 20.1 Å². The molecule has 40 heavy (non-hydrogen) atoms. The molecule has 1 aliphatic rings. The molecule has 1 fully saturated rings. The van der Waals surface area contributed by atoms with Gasteiger partial charge < -0.3 is 15.0 Å². The molecule has 214 valence electrons. The molecule has 13 heteroatoms. The molecule has 8 nitrogen and oxygen atoms in total. The lowest BCUT2D eigenvalue weighted by molar-refractivity contribution is -0.130. The van der Waals surface area contributed by atoms with E-state index in [4.69, 9.17) is 16.3 Å². The lowest BCUT2D eigenvalue weighted by Crippen LogP contribution is -2.56. The van der Waals surface area contributed by atoms with Crippen LogP contribution in [0.25, 0.3) is 10.8 Å². The molecule has 2 aromatic carbocycles. The molecular weight excluding hydrogens is 554 g/mol. The van der Waals surface area contributed by atoms with Gasteiger partial charge in [0, 0.05) is 25.2 Å². The summed E-state index contributed by atoms with van der Waals surface area (Å²) in [6, 6.07) is 8.80. The number of fused-ring (bicyclic) bond motifs is 1. The molecule has 4 rings (SSSR count). The maximum absolute atomic E-state index is 13.7. The van der Waals surface area contributed by atoms with E-state index in [0.29, 0.717) is 35.7 Å². The molecule has 3 aromatic rings. The van der Waals surface area contributed by atoms with Crippen molar-refractivity contribution in [2.45, 2.75) is 31.4 Å². The topological polar surface area (TPSA) is 86.8 Å². The highest BCUT2D eigenvalue weighted by Crippen LogP contribution is 2.27. The summed E-state index contributed by atoms with van der Waals surface area (Å²) < 4.78 is 58.9. The van der Waals surface area contributed by atoms with Crippen molar-refractivity contribution >= 4 is 40.3 Å². The van der Waals surface area contributed by atoms with E-state index in [1.807, 2.05) is 0 Å². The van der Waals surface area contributed by atoms with Crippen molar-refractivity contribution in [3.63, 3.8) is 0 Å². The second-order valence-electron chi connectivity index (χ2n) is 9.63. The number of ether oxygens (including phenoxy) is 1. The molecule has 1 aromatic heterocycles. The number of nitrogens with one attached hydrogen (secondary N) is 2. The zero-order chi connectivity index (χ0) is 28.9. The smallest absolute Gasteiger partial charge is 0.412 e. The van der Waals surface area contributed by atoms with Gasteiger partial charge in [0.2, 0.25) is 0 Å². The first-order valence-corrected chi connectivity index (χ1v) is 12.9. The normalized spacial score (nSPS) is 15.2. The Kier molecular flexibility index (Phi) is 9.31. The van der Waals surface area contributed by atoms with Crippen LogP contribution in [0.15, 0.2) is 48.7 Å². The summed E-state index contributed by atoms with van der Waals surface area (Å²) in [4.78, 5) is 32.4. The van der Waals surface area contributed by atoms with Crippen molar-refractivity contribution < 1.29 is 31.9 Å². The maximum atomic E-state index is 13.7. The van der Waals surface area contributed by atoms with Gasteiger partial charge in [0.05, 0.1) is 24.2 Å². The minimum Gasteiger partial charge on any atom is -0.447 e. The van der Waals surface area contributed by atoms with Crippen LogP contribution in [-0.2, 0) is 11.3 Å². The number of likely N-dealkylation sites (N-methyl/N-ethyl adjacent to an activating group) is 1. The Morgan fingerprint density at radius 1 is 1.18 bits per heavy atom. The Hall–Kier alpha value is -3.64. The third kappa shape index (κ3) is 7.72. The van der Waals surface area contributed by atoms with Crippen LogP contribution in [0.2, 0.25) is 5.02 Å². The molecule has 2 heterocycles. The number of urea groups is 1. The first kappa shape index (κ1) is 29.3. The van der Waals surface area contributed by atoms with Gasteiger partial charge in [-0.25, -0.2) is 32.1 Å². The van der Waals surface area contributed by atoms with Gasteiger partial charge in [0.15, 0.2) is 0 Å². The van der Waals surface area contributed by atoms with Gasteiger partial charge in [-0.2, -0.15) is 0 Å². The minimum atomic E-state index is -2.68. The lowest BCUT2D eigenvalue weighted by atomic mass is 10.1. The Balaban J connectivity index is 1.35. The molecule has 0 saturated carbocycles. The molecule has 0 aliphatic carbocycles. The number of nitrogens with zero attached hydrogens (tertiary/aromatic N) is 3. The van der Waals surface area contributed by atoms with Crippen LogP contribution in [0.3, 0.4) is 0 Å². The third-order valence-corrected chi connectivity index (χ3v) is 7.00. The van der Waals surface area contributed by atoms with Gasteiger partial charge in [-0.05, 0) is 60.7 Å². The van der Waals surface area contributed by atoms with E-state index in [2.05, 4.69) is 15.6 Å². The summed E-state index contributed by atoms with van der Waals surface area (Å²) in [7, 11) is 1.51. The highest BCUT2D eigenvalue weighted by atomic mass is 35.5. The van der Waals surface area contributed by atoms with E-state index in [-0.39, 0.29) is 37.1 Å². The molecular formula is C27H28ClF4N5O3. The number of benzene rings is 2. The van der Waals surface area contributed by atoms with Gasteiger partial charge in [0.25, 0.3) is 5.92 Å². The largest absolute Gasteiger partial charge is 0.447 e. The zero-order valence-corrected chi connectivity index (χ0v) is 22.4. The van der Waals surface area contributed by atoms with Crippen LogP contribution >= 0.6 is 11.6 Å². The van der Waals surface area contributed by atoms with Crippen LogP contribution < -0.4 is 10.6 Å². The number of aromatic nitrogens is 1. The number of amides is 3. The van der Waals surface area contributed by atoms with Crippen molar-refractivity contribution in [1.29, 1.82) is 0 Å². The number of alkyl halides is 2. The summed E-state index contributed by atoms with van der Waals surface area (Å²) in [6.07, 6.45) is 1.47. The fourth-order valence-electron chi connectivity index (χ4n) is 4.34. The van der Waals surface area contributed by atoms with E-state index in [1.54, 1.807) is 17.0 Å². The number of pyridine rings is 1. The highest BCUT2D eigenvalue weighted by molar-refractivity contribution is 6.31. The van der Waals surface area contributed by atoms with E-state index in [0.717, 1.165) is 0 Å². The molecule has 2 N–H and O–H groups in total. The number of halogens is 5. The van der Waals surface area contributed by atoms with Crippen LogP contribution in [-0.4, -0.2) is 72.2 Å². The molecule has 0 spiro atoms. The summed E-state index contributed by atoms with van der Waals surface area (Å²) in [6.45, 7) is -0.474. The third-order valence-electron chi connectivity index (χ3n) is 6.57. The fourth-order valence-corrected chi connectivity index (χ4v) is 4.54. The number of rotatable bonds is 10. The quantitative estimate of drug-likeness (QED) is 0.302. The van der Waals surface area contributed by atoms with E-state index >= 15 is 0 Å². The van der Waals surface area contributed by atoms with Crippen molar-refractivity contribution in [3.8, 4) is 0 Å². The first-order chi connectivity index (χ1) is 19.0. The molecule has 0 radical (unpaired) electrons. The molecule has 1 unspecified atom stereocenters. The molecule has 1 saturated heterocycles. The Bertz CT molecular complexity index is 1370. The second-order valence-corrected chi connectivity index (χ2v) is 10.0. The minimum absolute atomic E-state index is 0.0368. The predicted molar refractivity (Wildman–Crippen MR) is 142 cm³/mol. The van der Waals surface area contributed by atoms with E-state index in [1.165, 1.54) is 48.5 Å². The summed E-state index contributed by atoms with van der Waals surface area (Å²) >= 11 is 5.96. The van der Waals surface area contributed by atoms with Crippen molar-refractivity contribution in [2.75, 3.05) is 38.6 Å². The highest BCUT2D eigenvalue weighted by Gasteiger charge is 2.43. The van der Waals surface area contributed by atoms with Crippen LogP contribution in [0, 0.1) is 11.6 Å². The summed E-state index contributed by atoms with van der Waals surface area (Å²) in [5.74, 6) is -3.58. The summed E-state index contributed by atoms with van der Waals surface area (Å²) in [5.41, 5.74) is 0.386. The first-order valence-electron chi connectivity index (χ1n) is 12.5. The Morgan fingerprint density at radius 2 is 1.95 bits per heavy atom. The van der Waals surface area contributed by atoms with Gasteiger partial charge in [0.1, 0.15) is 24.1 Å². The van der Waals surface area contributed by atoms with Crippen molar-refractivity contribution in [3.05, 3.63) is 70.9 Å². The predicted octanol–water partition coefficient (Wildman–Crippen LogP) is 5.66. The molecule has 3 amide bonds. The van der Waals surface area contributed by atoms with Gasteiger partial charge in [-0.1, -0.05) is 23.7 Å². The fraction of sp³-hybridized carbons (Fsp3) is 0.370. The Morgan fingerprint density at radius 3 is 2.70 bits per heavy atom. The van der Waals surface area contributed by atoms with E-state index < -0.39 is 35.7 Å². The number of likely N-dealkylation sites (tertiary alicyclic amines) is 1. The average Bonchev–Trinajstić information content (AvgIpc) is 2.89. The van der Waals surface area contributed by atoms with Crippen LogP contribution in [0.5, 0.6) is 0 Å².